The Morgan fingerprint density at radius 1 is 1.43 bits per heavy atom. The van der Waals surface area contributed by atoms with E-state index in [1.54, 1.807) is 0 Å². The Morgan fingerprint density at radius 2 is 2.29 bits per heavy atom. The number of fused-ring (bicyclic) bond motifs is 1. The molecule has 14 heavy (non-hydrogen) atoms. The zero-order valence-electron chi connectivity index (χ0n) is 8.29. The number of hydrogen-bond donors (Lipinski definition) is 1. The molecule has 2 aromatic rings. The lowest BCUT2D eigenvalue weighted by Crippen LogP contribution is -2.02. The predicted octanol–water partition coefficient (Wildman–Crippen LogP) is 1.89. The summed E-state index contributed by atoms with van der Waals surface area (Å²) in [5.74, 6) is 0. The molecule has 0 fully saturated rings. The smallest absolute Gasteiger partial charge is 0.167 e. The van der Waals surface area contributed by atoms with E-state index in [1.807, 2.05) is 12.1 Å². The molecule has 1 aromatic carbocycles. The van der Waals surface area contributed by atoms with Gasteiger partial charge in [-0.2, -0.15) is 0 Å². The van der Waals surface area contributed by atoms with Crippen molar-refractivity contribution in [2.24, 2.45) is 5.73 Å². The Labute approximate surface area is 82.9 Å². The van der Waals surface area contributed by atoms with Crippen molar-refractivity contribution in [1.82, 2.24) is 5.16 Å². The van der Waals surface area contributed by atoms with Gasteiger partial charge in [0.1, 0.15) is 0 Å². The second kappa shape index (κ2) is 3.80. The lowest BCUT2D eigenvalue weighted by molar-refractivity contribution is 0.447. The first-order valence-corrected chi connectivity index (χ1v) is 4.92. The number of hydrogen-bond acceptors (Lipinski definition) is 3. The summed E-state index contributed by atoms with van der Waals surface area (Å²) in [6, 6.07) is 6.13. The second-order valence-corrected chi connectivity index (χ2v) is 3.35. The van der Waals surface area contributed by atoms with Crippen LogP contribution in [-0.2, 0) is 12.8 Å². The number of nitrogens with zero attached hydrogens (tertiary/aromatic N) is 1. The number of aromatic nitrogens is 1. The maximum atomic E-state index is 5.51. The van der Waals surface area contributed by atoms with E-state index in [1.165, 1.54) is 5.56 Å². The highest BCUT2D eigenvalue weighted by Crippen LogP contribution is 2.20. The monoisotopic (exact) mass is 190 g/mol. The van der Waals surface area contributed by atoms with Crippen LogP contribution < -0.4 is 5.73 Å². The minimum absolute atomic E-state index is 0.679. The summed E-state index contributed by atoms with van der Waals surface area (Å²) in [5.41, 5.74) is 8.65. The summed E-state index contributed by atoms with van der Waals surface area (Å²) in [5, 5.41) is 5.13. The number of nitrogens with two attached hydrogens (primary N) is 1. The molecule has 3 heteroatoms. The maximum Gasteiger partial charge on any atom is 0.167 e. The molecule has 1 heterocycles. The maximum absolute atomic E-state index is 5.51. The molecule has 0 saturated carbocycles. The van der Waals surface area contributed by atoms with Gasteiger partial charge in [0.05, 0.1) is 5.69 Å². The van der Waals surface area contributed by atoms with Crippen LogP contribution in [0.1, 0.15) is 18.2 Å². The van der Waals surface area contributed by atoms with E-state index in [-0.39, 0.29) is 0 Å². The Balaban J connectivity index is 2.50. The summed E-state index contributed by atoms with van der Waals surface area (Å²) >= 11 is 0. The molecule has 2 N–H and O–H groups in total. The molecular formula is C11H14N2O. The van der Waals surface area contributed by atoms with Crippen LogP contribution in [0.15, 0.2) is 22.7 Å². The highest BCUT2D eigenvalue weighted by molar-refractivity contribution is 5.80. The van der Waals surface area contributed by atoms with Crippen molar-refractivity contribution in [2.75, 3.05) is 6.54 Å². The van der Waals surface area contributed by atoms with Crippen LogP contribution in [-0.4, -0.2) is 11.7 Å². The second-order valence-electron chi connectivity index (χ2n) is 3.35. The van der Waals surface area contributed by atoms with Gasteiger partial charge in [0, 0.05) is 5.39 Å². The molecule has 0 spiro atoms. The lowest BCUT2D eigenvalue weighted by atomic mass is 10.1. The van der Waals surface area contributed by atoms with E-state index in [0.717, 1.165) is 29.5 Å². The van der Waals surface area contributed by atoms with E-state index in [2.05, 4.69) is 18.1 Å². The quantitative estimate of drug-likeness (QED) is 0.804. The summed E-state index contributed by atoms with van der Waals surface area (Å²) in [6.07, 6.45) is 1.81. The van der Waals surface area contributed by atoms with E-state index >= 15 is 0 Å². The van der Waals surface area contributed by atoms with Gasteiger partial charge in [0.25, 0.3) is 0 Å². The Hall–Kier alpha value is -1.35. The molecule has 74 valence electrons. The molecule has 0 radical (unpaired) electrons. The van der Waals surface area contributed by atoms with Crippen molar-refractivity contribution in [3.8, 4) is 0 Å². The normalized spacial score (nSPS) is 11.0. The first-order chi connectivity index (χ1) is 6.85. The van der Waals surface area contributed by atoms with Crippen molar-refractivity contribution in [3.63, 3.8) is 0 Å². The van der Waals surface area contributed by atoms with Crippen molar-refractivity contribution in [2.45, 2.75) is 19.8 Å². The highest BCUT2D eigenvalue weighted by Gasteiger charge is 2.06. The number of aryl methyl sites for hydroxylation is 1. The van der Waals surface area contributed by atoms with Crippen molar-refractivity contribution >= 4 is 11.0 Å². The van der Waals surface area contributed by atoms with Crippen molar-refractivity contribution in [3.05, 3.63) is 29.5 Å². The molecule has 0 bridgehead atoms. The molecule has 0 amide bonds. The zero-order valence-corrected chi connectivity index (χ0v) is 8.29. The average Bonchev–Trinajstić information content (AvgIpc) is 2.60. The van der Waals surface area contributed by atoms with E-state index < -0.39 is 0 Å². The fraction of sp³-hybridized carbons (Fsp3) is 0.364. The first kappa shape index (κ1) is 9.21. The summed E-state index contributed by atoms with van der Waals surface area (Å²) < 4.78 is 5.19. The average molecular weight is 190 g/mol. The zero-order chi connectivity index (χ0) is 9.97. The molecule has 0 unspecified atom stereocenters. The molecule has 0 aliphatic carbocycles. The van der Waals surface area contributed by atoms with Gasteiger partial charge < -0.3 is 10.3 Å². The largest absolute Gasteiger partial charge is 0.356 e. The van der Waals surface area contributed by atoms with Gasteiger partial charge in [-0.05, 0) is 37.1 Å². The van der Waals surface area contributed by atoms with Gasteiger partial charge in [0.15, 0.2) is 5.58 Å². The molecule has 3 nitrogen and oxygen atoms in total. The van der Waals surface area contributed by atoms with Crippen LogP contribution in [0.2, 0.25) is 0 Å². The third kappa shape index (κ3) is 1.51. The predicted molar refractivity (Wildman–Crippen MR) is 56.1 cm³/mol. The Bertz CT molecular complexity index is 434. The highest BCUT2D eigenvalue weighted by atomic mass is 16.5. The minimum Gasteiger partial charge on any atom is -0.356 e. The van der Waals surface area contributed by atoms with Crippen molar-refractivity contribution < 1.29 is 4.52 Å². The SMILES string of the molecule is CCc1noc2ccc(CCN)cc12. The Morgan fingerprint density at radius 3 is 3.00 bits per heavy atom. The number of benzene rings is 1. The van der Waals surface area contributed by atoms with Gasteiger partial charge in [-0.25, -0.2) is 0 Å². The standard InChI is InChI=1S/C11H14N2O/c1-2-10-9-7-8(5-6-12)3-4-11(9)14-13-10/h3-4,7H,2,5-6,12H2,1H3. The molecule has 1 aromatic heterocycles. The summed E-state index contributed by atoms with van der Waals surface area (Å²) in [4.78, 5) is 0. The van der Waals surface area contributed by atoms with Gasteiger partial charge in [-0.3, -0.25) is 0 Å². The van der Waals surface area contributed by atoms with E-state index in [4.69, 9.17) is 10.3 Å². The summed E-state index contributed by atoms with van der Waals surface area (Å²) in [7, 11) is 0. The van der Waals surface area contributed by atoms with Gasteiger partial charge in [0.2, 0.25) is 0 Å². The third-order valence-corrected chi connectivity index (χ3v) is 2.38. The fourth-order valence-corrected chi connectivity index (χ4v) is 1.61. The van der Waals surface area contributed by atoms with Gasteiger partial charge in [-0.1, -0.05) is 18.1 Å². The van der Waals surface area contributed by atoms with Crippen LogP contribution >= 0.6 is 0 Å². The van der Waals surface area contributed by atoms with Crippen LogP contribution in [0.3, 0.4) is 0 Å². The van der Waals surface area contributed by atoms with E-state index in [0.29, 0.717) is 6.54 Å². The number of rotatable bonds is 3. The van der Waals surface area contributed by atoms with Gasteiger partial charge in [-0.15, -0.1) is 0 Å². The molecule has 0 aliphatic rings. The van der Waals surface area contributed by atoms with Gasteiger partial charge >= 0.3 is 0 Å². The van der Waals surface area contributed by atoms with E-state index in [9.17, 15) is 0 Å². The first-order valence-electron chi connectivity index (χ1n) is 4.92. The molecule has 0 saturated heterocycles. The van der Waals surface area contributed by atoms with Crippen LogP contribution in [0, 0.1) is 0 Å². The lowest BCUT2D eigenvalue weighted by Gasteiger charge is -1.97. The van der Waals surface area contributed by atoms with Crippen molar-refractivity contribution in [1.29, 1.82) is 0 Å². The topological polar surface area (TPSA) is 52.0 Å². The summed E-state index contributed by atoms with van der Waals surface area (Å²) in [6.45, 7) is 2.76. The minimum atomic E-state index is 0.679. The van der Waals surface area contributed by atoms with Crippen LogP contribution in [0.25, 0.3) is 11.0 Å². The fourth-order valence-electron chi connectivity index (χ4n) is 1.61. The third-order valence-electron chi connectivity index (χ3n) is 2.38. The molecule has 0 atom stereocenters. The molecule has 2 rings (SSSR count). The van der Waals surface area contributed by atoms with Crippen LogP contribution in [0.5, 0.6) is 0 Å². The molecular weight excluding hydrogens is 176 g/mol. The molecule has 0 aliphatic heterocycles. The van der Waals surface area contributed by atoms with Crippen LogP contribution in [0.4, 0.5) is 0 Å². The Kier molecular flexibility index (Phi) is 2.50.